The van der Waals surface area contributed by atoms with Gasteiger partial charge < -0.3 is 73.3 Å². The maximum atomic E-state index is 12.4. The smallest absolute Gasteiger partial charge is 0.249 e. The van der Waals surface area contributed by atoms with Gasteiger partial charge in [-0.3, -0.25) is 4.79 Å². The van der Waals surface area contributed by atoms with Crippen molar-refractivity contribution in [1.82, 2.24) is 10.6 Å². The zero-order chi connectivity index (χ0) is 26.8. The van der Waals surface area contributed by atoms with Crippen LogP contribution in [0, 0.1) is 0 Å². The van der Waals surface area contributed by atoms with E-state index in [0.717, 1.165) is 6.42 Å². The highest BCUT2D eigenvalue weighted by Gasteiger charge is 2.49. The molecule has 1 aliphatic carbocycles. The molecule has 15 nitrogen and oxygen atoms in total. The van der Waals surface area contributed by atoms with E-state index in [0.29, 0.717) is 19.6 Å². The van der Waals surface area contributed by atoms with Gasteiger partial charge in [0.2, 0.25) is 5.91 Å². The Hall–Kier alpha value is -1.05. The summed E-state index contributed by atoms with van der Waals surface area (Å²) in [4.78, 5) is 12.4. The van der Waals surface area contributed by atoms with Gasteiger partial charge in [-0.1, -0.05) is 0 Å². The lowest BCUT2D eigenvalue weighted by Crippen LogP contribution is -2.68. The Morgan fingerprint density at radius 3 is 2.42 bits per heavy atom. The monoisotopic (exact) mass is 524 g/mol. The lowest BCUT2D eigenvalue weighted by atomic mass is 9.83. The lowest BCUT2D eigenvalue weighted by Gasteiger charge is -2.47. The van der Waals surface area contributed by atoms with Crippen LogP contribution < -0.4 is 33.6 Å². The van der Waals surface area contributed by atoms with Gasteiger partial charge in [0.15, 0.2) is 6.29 Å². The number of ether oxygens (including phenoxy) is 3. The quantitative estimate of drug-likeness (QED) is 0.0943. The summed E-state index contributed by atoms with van der Waals surface area (Å²) in [7, 11) is 0. The fourth-order valence-corrected chi connectivity index (χ4v) is 4.34. The molecule has 1 amide bonds. The van der Waals surface area contributed by atoms with E-state index in [1.807, 2.05) is 0 Å². The molecule has 212 valence electrons. The second kappa shape index (κ2) is 15.4. The second-order valence-electron chi connectivity index (χ2n) is 9.21. The Labute approximate surface area is 210 Å². The highest BCUT2D eigenvalue weighted by atomic mass is 16.7. The zero-order valence-corrected chi connectivity index (χ0v) is 20.4. The minimum Gasteiger partial charge on any atom is -0.394 e. The largest absolute Gasteiger partial charge is 0.394 e. The summed E-state index contributed by atoms with van der Waals surface area (Å²) in [6, 6.07) is -2.76. The number of rotatable bonds is 14. The van der Waals surface area contributed by atoms with E-state index in [2.05, 4.69) is 10.6 Å². The molecule has 1 aliphatic heterocycles. The van der Waals surface area contributed by atoms with Crippen molar-refractivity contribution in [3.8, 4) is 0 Å². The Balaban J connectivity index is 2.12. The van der Waals surface area contributed by atoms with E-state index < -0.39 is 79.7 Å². The number of nitrogens with one attached hydrogen (secondary N) is 2. The Morgan fingerprint density at radius 1 is 1.06 bits per heavy atom. The third-order valence-electron chi connectivity index (χ3n) is 6.45. The third-order valence-corrected chi connectivity index (χ3v) is 6.45. The molecule has 0 aromatic carbocycles. The number of aliphatic hydroxyl groups excluding tert-OH is 5. The minimum atomic E-state index is -1.44. The van der Waals surface area contributed by atoms with Gasteiger partial charge in [0, 0.05) is 12.6 Å². The van der Waals surface area contributed by atoms with Crippen molar-refractivity contribution in [2.75, 3.05) is 39.4 Å². The summed E-state index contributed by atoms with van der Waals surface area (Å²) in [5.74, 6) is -0.667. The standard InChI is InChI=1S/C21H44N6O9/c22-3-1-5-26-6-7-34-19-11(27-20(33)12(29)2-4-23)8-10(24)18(17(19)32)36-21-14(25)16(31)15(30)13(9-28)35-21/h10-19,21,26,28-32H,1-9,22-25H2,(H,27,33)/t10-,11+,12+,13+,14+,15+,16+,17-,18+,19-,21+/m0/s1. The van der Waals surface area contributed by atoms with Crippen LogP contribution in [0.25, 0.3) is 0 Å². The van der Waals surface area contributed by atoms with Gasteiger partial charge in [-0.05, 0) is 38.9 Å². The topological polar surface area (TPSA) is 274 Å². The zero-order valence-electron chi connectivity index (χ0n) is 20.4. The first-order chi connectivity index (χ1) is 17.2. The van der Waals surface area contributed by atoms with Crippen LogP contribution >= 0.6 is 0 Å². The number of carbonyl (C=O) groups excluding carboxylic acids is 1. The summed E-state index contributed by atoms with van der Waals surface area (Å²) < 4.78 is 17.3. The molecule has 0 unspecified atom stereocenters. The SMILES string of the molecule is NCCCNCCO[C@@H]1[C@@H](O)[C@H](O[C@H]2O[C@H](CO)[C@@H](O)[C@H](O)[C@H]2N)[C@@H](N)C[C@H]1NC(=O)[C@H](O)CCN. The summed E-state index contributed by atoms with van der Waals surface area (Å²) in [5, 5.41) is 56.6. The van der Waals surface area contributed by atoms with Crippen LogP contribution in [-0.2, 0) is 19.0 Å². The molecule has 0 radical (unpaired) electrons. The van der Waals surface area contributed by atoms with Gasteiger partial charge in [-0.15, -0.1) is 0 Å². The molecule has 0 spiro atoms. The molecule has 11 atom stereocenters. The van der Waals surface area contributed by atoms with Crippen molar-refractivity contribution in [3.63, 3.8) is 0 Å². The molecule has 15 heteroatoms. The lowest BCUT2D eigenvalue weighted by molar-refractivity contribution is -0.295. The first-order valence-electron chi connectivity index (χ1n) is 12.3. The van der Waals surface area contributed by atoms with Gasteiger partial charge >= 0.3 is 0 Å². The highest BCUT2D eigenvalue weighted by molar-refractivity contribution is 5.80. The van der Waals surface area contributed by atoms with Gasteiger partial charge in [0.25, 0.3) is 0 Å². The predicted octanol–water partition coefficient (Wildman–Crippen LogP) is -6.25. The van der Waals surface area contributed by atoms with E-state index in [1.54, 1.807) is 0 Å². The van der Waals surface area contributed by atoms with Crippen LogP contribution in [0.15, 0.2) is 0 Å². The molecule has 0 aromatic heterocycles. The molecule has 2 fully saturated rings. The number of amides is 1. The molecule has 1 saturated heterocycles. The Bertz CT molecular complexity index is 651. The van der Waals surface area contributed by atoms with Crippen LogP contribution in [0.1, 0.15) is 19.3 Å². The van der Waals surface area contributed by atoms with Crippen molar-refractivity contribution >= 4 is 5.91 Å². The number of nitrogens with two attached hydrogens (primary N) is 4. The summed E-state index contributed by atoms with van der Waals surface area (Å²) in [6.07, 6.45) is -9.08. The van der Waals surface area contributed by atoms with Crippen molar-refractivity contribution in [2.24, 2.45) is 22.9 Å². The second-order valence-corrected chi connectivity index (χ2v) is 9.21. The molecule has 1 saturated carbocycles. The third kappa shape index (κ3) is 8.22. The molecule has 2 rings (SSSR count). The number of aliphatic hydroxyl groups is 5. The van der Waals surface area contributed by atoms with Gasteiger partial charge in [-0.25, -0.2) is 0 Å². The van der Waals surface area contributed by atoms with Crippen molar-refractivity contribution in [3.05, 3.63) is 0 Å². The van der Waals surface area contributed by atoms with Gasteiger partial charge in [0.1, 0.15) is 42.7 Å². The van der Waals surface area contributed by atoms with Crippen LogP contribution in [-0.4, -0.2) is 138 Å². The molecule has 0 aromatic rings. The summed E-state index contributed by atoms with van der Waals surface area (Å²) in [6.45, 7) is 1.39. The van der Waals surface area contributed by atoms with Crippen LogP contribution in [0.5, 0.6) is 0 Å². The molecule has 0 bridgehead atoms. The van der Waals surface area contributed by atoms with Crippen molar-refractivity contribution in [2.45, 2.75) is 86.4 Å². The molecule has 36 heavy (non-hydrogen) atoms. The maximum Gasteiger partial charge on any atom is 0.249 e. The van der Waals surface area contributed by atoms with Crippen molar-refractivity contribution < 1.29 is 44.5 Å². The fourth-order valence-electron chi connectivity index (χ4n) is 4.34. The number of hydrogen-bond donors (Lipinski definition) is 11. The van der Waals surface area contributed by atoms with Gasteiger partial charge in [0.05, 0.1) is 25.3 Å². The highest BCUT2D eigenvalue weighted by Crippen LogP contribution is 2.29. The summed E-state index contributed by atoms with van der Waals surface area (Å²) >= 11 is 0. The van der Waals surface area contributed by atoms with E-state index >= 15 is 0 Å². The minimum absolute atomic E-state index is 0.0621. The average Bonchev–Trinajstić information content (AvgIpc) is 2.85. The Kier molecular flexibility index (Phi) is 13.3. The number of hydrogen-bond acceptors (Lipinski definition) is 14. The van der Waals surface area contributed by atoms with E-state index in [1.165, 1.54) is 0 Å². The molecule has 1 heterocycles. The van der Waals surface area contributed by atoms with Crippen LogP contribution in [0.4, 0.5) is 0 Å². The van der Waals surface area contributed by atoms with Gasteiger partial charge in [-0.2, -0.15) is 0 Å². The normalized spacial score (nSPS) is 38.0. The van der Waals surface area contributed by atoms with Crippen LogP contribution in [0.3, 0.4) is 0 Å². The van der Waals surface area contributed by atoms with E-state index in [-0.39, 0.29) is 26.0 Å². The molecule has 2 aliphatic rings. The van der Waals surface area contributed by atoms with E-state index in [9.17, 15) is 30.3 Å². The van der Waals surface area contributed by atoms with Crippen molar-refractivity contribution in [1.29, 1.82) is 0 Å². The fraction of sp³-hybridized carbons (Fsp3) is 0.952. The number of carbonyl (C=O) groups is 1. The average molecular weight is 525 g/mol. The van der Waals surface area contributed by atoms with Crippen LogP contribution in [0.2, 0.25) is 0 Å². The summed E-state index contributed by atoms with van der Waals surface area (Å²) in [5.41, 5.74) is 23.1. The maximum absolute atomic E-state index is 12.4. The first kappa shape index (κ1) is 31.2. The predicted molar refractivity (Wildman–Crippen MR) is 127 cm³/mol. The molecular weight excluding hydrogens is 480 g/mol. The van der Waals surface area contributed by atoms with E-state index in [4.69, 9.17) is 37.1 Å². The molecule has 15 N–H and O–H groups in total. The Morgan fingerprint density at radius 2 is 1.78 bits per heavy atom. The first-order valence-corrected chi connectivity index (χ1v) is 12.3. The molecular formula is C21H44N6O9.